The van der Waals surface area contributed by atoms with Gasteiger partial charge in [0.05, 0.1) is 6.42 Å². The van der Waals surface area contributed by atoms with E-state index in [0.717, 1.165) is 29.8 Å². The Labute approximate surface area is 110 Å². The molecule has 19 heavy (non-hydrogen) atoms. The fraction of sp³-hybridized carbons (Fsp3) is 0.500. The molecular weight excluding hydrogens is 244 g/mol. The number of carbonyl (C=O) groups is 1. The molecule has 0 atom stereocenters. The quantitative estimate of drug-likeness (QED) is 0.818. The molecule has 1 aliphatic rings. The SMILES string of the molecule is Cc1nc2nc(N)nn2c(C)c1CC(=O)NC1CC1. The van der Waals surface area contributed by atoms with Crippen LogP contribution in [0.25, 0.3) is 5.78 Å². The van der Waals surface area contributed by atoms with Gasteiger partial charge in [-0.2, -0.15) is 9.50 Å². The number of amides is 1. The average molecular weight is 260 g/mol. The van der Waals surface area contributed by atoms with Crippen LogP contribution < -0.4 is 11.1 Å². The zero-order chi connectivity index (χ0) is 13.6. The van der Waals surface area contributed by atoms with E-state index in [9.17, 15) is 4.79 Å². The van der Waals surface area contributed by atoms with Crippen LogP contribution in [0.1, 0.15) is 29.8 Å². The van der Waals surface area contributed by atoms with Gasteiger partial charge < -0.3 is 11.1 Å². The maximum atomic E-state index is 11.9. The molecule has 0 radical (unpaired) electrons. The first-order valence-corrected chi connectivity index (χ1v) is 6.32. The number of carbonyl (C=O) groups excluding carboxylic acids is 1. The number of hydrogen-bond donors (Lipinski definition) is 2. The monoisotopic (exact) mass is 260 g/mol. The van der Waals surface area contributed by atoms with Crippen LogP contribution in [0, 0.1) is 13.8 Å². The van der Waals surface area contributed by atoms with E-state index in [1.165, 1.54) is 0 Å². The summed E-state index contributed by atoms with van der Waals surface area (Å²) in [7, 11) is 0. The summed E-state index contributed by atoms with van der Waals surface area (Å²) in [5.74, 6) is 0.691. The Balaban J connectivity index is 1.94. The number of nitrogens with zero attached hydrogens (tertiary/aromatic N) is 4. The molecule has 0 bridgehead atoms. The van der Waals surface area contributed by atoms with Crippen LogP contribution in [-0.4, -0.2) is 31.5 Å². The smallest absolute Gasteiger partial charge is 0.254 e. The van der Waals surface area contributed by atoms with Crippen molar-refractivity contribution in [3.8, 4) is 0 Å². The van der Waals surface area contributed by atoms with E-state index in [0.29, 0.717) is 18.2 Å². The number of anilines is 1. The van der Waals surface area contributed by atoms with E-state index in [2.05, 4.69) is 20.4 Å². The number of nitrogen functional groups attached to an aromatic ring is 1. The Morgan fingerprint density at radius 1 is 1.42 bits per heavy atom. The highest BCUT2D eigenvalue weighted by atomic mass is 16.1. The molecular formula is C12H16N6O. The Morgan fingerprint density at radius 2 is 2.16 bits per heavy atom. The lowest BCUT2D eigenvalue weighted by atomic mass is 10.1. The van der Waals surface area contributed by atoms with Gasteiger partial charge in [0, 0.05) is 23.0 Å². The zero-order valence-corrected chi connectivity index (χ0v) is 11.0. The molecule has 1 fully saturated rings. The molecule has 7 heteroatoms. The summed E-state index contributed by atoms with van der Waals surface area (Å²) >= 11 is 0. The standard InChI is InChI=1S/C12H16N6O/c1-6-9(5-10(19)15-8-3-4-8)7(2)18-12(14-6)16-11(13)17-18/h8H,3-5H2,1-2H3,(H2,13,17)(H,15,19). The molecule has 3 N–H and O–H groups in total. The predicted molar refractivity (Wildman–Crippen MR) is 69.5 cm³/mol. The van der Waals surface area contributed by atoms with Crippen molar-refractivity contribution in [3.63, 3.8) is 0 Å². The van der Waals surface area contributed by atoms with Crippen molar-refractivity contribution in [2.45, 2.75) is 39.2 Å². The lowest BCUT2D eigenvalue weighted by Gasteiger charge is -2.10. The number of aryl methyl sites for hydroxylation is 2. The molecule has 0 spiro atoms. The predicted octanol–water partition coefficient (Wildman–Crippen LogP) is 0.144. The van der Waals surface area contributed by atoms with E-state index < -0.39 is 0 Å². The van der Waals surface area contributed by atoms with Crippen molar-refractivity contribution < 1.29 is 4.79 Å². The largest absolute Gasteiger partial charge is 0.366 e. The molecule has 7 nitrogen and oxygen atoms in total. The van der Waals surface area contributed by atoms with Gasteiger partial charge in [-0.25, -0.2) is 4.98 Å². The van der Waals surface area contributed by atoms with E-state index in [-0.39, 0.29) is 11.9 Å². The highest BCUT2D eigenvalue weighted by Crippen LogP contribution is 2.20. The van der Waals surface area contributed by atoms with Crippen molar-refractivity contribution in [2.24, 2.45) is 0 Å². The molecule has 100 valence electrons. The van der Waals surface area contributed by atoms with Gasteiger partial charge in [0.15, 0.2) is 0 Å². The topological polar surface area (TPSA) is 98.2 Å². The van der Waals surface area contributed by atoms with Gasteiger partial charge in [0.25, 0.3) is 5.78 Å². The lowest BCUT2D eigenvalue weighted by molar-refractivity contribution is -0.120. The van der Waals surface area contributed by atoms with Gasteiger partial charge >= 0.3 is 0 Å². The van der Waals surface area contributed by atoms with Crippen molar-refractivity contribution in [1.29, 1.82) is 0 Å². The normalized spacial score (nSPS) is 14.8. The molecule has 2 aromatic rings. The summed E-state index contributed by atoms with van der Waals surface area (Å²) in [5.41, 5.74) is 8.11. The van der Waals surface area contributed by atoms with Crippen molar-refractivity contribution in [2.75, 3.05) is 5.73 Å². The Kier molecular flexibility index (Phi) is 2.62. The lowest BCUT2D eigenvalue weighted by Crippen LogP contribution is -2.28. The van der Waals surface area contributed by atoms with Crippen LogP contribution in [0.15, 0.2) is 0 Å². The van der Waals surface area contributed by atoms with Gasteiger partial charge in [-0.1, -0.05) is 0 Å². The third-order valence-corrected chi connectivity index (χ3v) is 3.35. The highest BCUT2D eigenvalue weighted by molar-refractivity contribution is 5.79. The van der Waals surface area contributed by atoms with Crippen molar-refractivity contribution >= 4 is 17.6 Å². The summed E-state index contributed by atoms with van der Waals surface area (Å²) < 4.78 is 1.59. The van der Waals surface area contributed by atoms with E-state index in [4.69, 9.17) is 5.73 Å². The maximum Gasteiger partial charge on any atom is 0.254 e. The summed E-state index contributed by atoms with van der Waals surface area (Å²) in [6, 6.07) is 0.367. The highest BCUT2D eigenvalue weighted by Gasteiger charge is 2.24. The molecule has 2 aromatic heterocycles. The Morgan fingerprint density at radius 3 is 2.84 bits per heavy atom. The molecule has 1 aliphatic carbocycles. The minimum atomic E-state index is 0.0305. The van der Waals surface area contributed by atoms with Crippen LogP contribution >= 0.6 is 0 Å². The summed E-state index contributed by atoms with van der Waals surface area (Å²) in [6.07, 6.45) is 2.48. The van der Waals surface area contributed by atoms with Gasteiger partial charge in [-0.15, -0.1) is 5.10 Å². The van der Waals surface area contributed by atoms with E-state index >= 15 is 0 Å². The van der Waals surface area contributed by atoms with Crippen LogP contribution in [0.4, 0.5) is 5.95 Å². The van der Waals surface area contributed by atoms with Crippen LogP contribution in [0.5, 0.6) is 0 Å². The van der Waals surface area contributed by atoms with Gasteiger partial charge in [0.2, 0.25) is 11.9 Å². The molecule has 0 unspecified atom stereocenters. The first kappa shape index (κ1) is 11.9. The molecule has 0 aromatic carbocycles. The minimum absolute atomic E-state index is 0.0305. The molecule has 1 saturated carbocycles. The van der Waals surface area contributed by atoms with Crippen molar-refractivity contribution in [1.82, 2.24) is 24.9 Å². The van der Waals surface area contributed by atoms with Gasteiger partial charge in [-0.05, 0) is 26.7 Å². The first-order chi connectivity index (χ1) is 9.04. The second-order valence-corrected chi connectivity index (χ2v) is 4.96. The summed E-state index contributed by atoms with van der Waals surface area (Å²) in [4.78, 5) is 20.3. The Bertz CT molecular complexity index is 658. The molecule has 3 rings (SSSR count). The number of rotatable bonds is 3. The Hall–Kier alpha value is -2.18. The first-order valence-electron chi connectivity index (χ1n) is 6.32. The molecule has 0 saturated heterocycles. The van der Waals surface area contributed by atoms with E-state index in [1.54, 1.807) is 4.52 Å². The summed E-state index contributed by atoms with van der Waals surface area (Å²) in [5, 5.41) is 7.06. The van der Waals surface area contributed by atoms with Gasteiger partial charge in [0.1, 0.15) is 0 Å². The van der Waals surface area contributed by atoms with Crippen LogP contribution in [0.3, 0.4) is 0 Å². The maximum absolute atomic E-state index is 11.9. The zero-order valence-electron chi connectivity index (χ0n) is 11.0. The fourth-order valence-corrected chi connectivity index (χ4v) is 2.15. The number of fused-ring (bicyclic) bond motifs is 1. The second-order valence-electron chi connectivity index (χ2n) is 4.96. The van der Waals surface area contributed by atoms with Crippen LogP contribution in [0.2, 0.25) is 0 Å². The average Bonchev–Trinajstić information content (AvgIpc) is 3.06. The van der Waals surface area contributed by atoms with Gasteiger partial charge in [-0.3, -0.25) is 4.79 Å². The third-order valence-electron chi connectivity index (χ3n) is 3.35. The molecule has 0 aliphatic heterocycles. The van der Waals surface area contributed by atoms with Crippen molar-refractivity contribution in [3.05, 3.63) is 17.0 Å². The molecule has 2 heterocycles. The molecule has 1 amide bonds. The minimum Gasteiger partial charge on any atom is -0.366 e. The van der Waals surface area contributed by atoms with E-state index in [1.807, 2.05) is 13.8 Å². The number of nitrogens with one attached hydrogen (secondary N) is 1. The number of hydrogen-bond acceptors (Lipinski definition) is 5. The number of aromatic nitrogens is 4. The number of nitrogens with two attached hydrogens (primary N) is 1. The third kappa shape index (κ3) is 2.23. The van der Waals surface area contributed by atoms with Crippen LogP contribution in [-0.2, 0) is 11.2 Å². The second kappa shape index (κ2) is 4.18. The summed E-state index contributed by atoms with van der Waals surface area (Å²) in [6.45, 7) is 3.77. The fourth-order valence-electron chi connectivity index (χ4n) is 2.15.